The lowest BCUT2D eigenvalue weighted by atomic mass is 10.2. The van der Waals surface area contributed by atoms with Gasteiger partial charge in [0, 0.05) is 23.7 Å². The van der Waals surface area contributed by atoms with Crippen LogP contribution in [0.25, 0.3) is 10.2 Å². The van der Waals surface area contributed by atoms with E-state index >= 15 is 0 Å². The first-order valence-electron chi connectivity index (χ1n) is 7.09. The molecule has 0 saturated carbocycles. The molecule has 0 aliphatic carbocycles. The molecule has 0 saturated heterocycles. The molecule has 0 aliphatic heterocycles. The van der Waals surface area contributed by atoms with Gasteiger partial charge in [-0.05, 0) is 30.3 Å². The van der Waals surface area contributed by atoms with Crippen molar-refractivity contribution in [1.29, 1.82) is 0 Å². The highest BCUT2D eigenvalue weighted by atomic mass is 35.5. The fourth-order valence-electron chi connectivity index (χ4n) is 2.30. The molecule has 3 rings (SSSR count). The molecule has 0 aliphatic rings. The number of hydrogen-bond donors (Lipinski definition) is 0. The number of ether oxygens (including phenoxy) is 2. The average Bonchev–Trinajstić information content (AvgIpc) is 2.89. The number of nitrogens with zero attached hydrogens (tertiary/aromatic N) is 2. The average molecular weight is 363 g/mol. The number of carbonyl (C=O) groups excluding carboxylic acids is 1. The predicted molar refractivity (Wildman–Crippen MR) is 95.2 cm³/mol. The molecule has 0 unspecified atom stereocenters. The van der Waals surface area contributed by atoms with Crippen LogP contribution < -0.4 is 14.3 Å². The number of aryl methyl sites for hydroxylation is 1. The maximum Gasteiger partial charge on any atom is 0.279 e. The molecule has 3 aromatic rings. The summed E-state index contributed by atoms with van der Waals surface area (Å²) in [5, 5.41) is 0.653. The summed E-state index contributed by atoms with van der Waals surface area (Å²) < 4.78 is 13.2. The minimum absolute atomic E-state index is 0.361. The Labute approximate surface area is 147 Å². The summed E-state index contributed by atoms with van der Waals surface area (Å²) >= 11 is 7.43. The van der Waals surface area contributed by atoms with Crippen LogP contribution in [-0.4, -0.2) is 24.7 Å². The van der Waals surface area contributed by atoms with E-state index in [1.165, 1.54) is 25.6 Å². The van der Waals surface area contributed by atoms with Crippen molar-refractivity contribution in [3.8, 4) is 11.5 Å². The van der Waals surface area contributed by atoms with Gasteiger partial charge in [0.1, 0.15) is 11.5 Å². The van der Waals surface area contributed by atoms with Gasteiger partial charge in [-0.15, -0.1) is 0 Å². The fraction of sp³-hybridized carbons (Fsp3) is 0.176. The zero-order valence-electron chi connectivity index (χ0n) is 13.4. The third kappa shape index (κ3) is 3.16. The Morgan fingerprint density at radius 3 is 2.42 bits per heavy atom. The SMILES string of the molecule is COc1cc(OC)cc(C(=O)N=c2sc3cc(Cl)ccc3n2C)c1. The molecule has 0 N–H and O–H groups in total. The van der Waals surface area contributed by atoms with Crippen LogP contribution in [0.3, 0.4) is 0 Å². The van der Waals surface area contributed by atoms with Gasteiger partial charge >= 0.3 is 0 Å². The van der Waals surface area contributed by atoms with Crippen molar-refractivity contribution in [3.05, 3.63) is 51.8 Å². The van der Waals surface area contributed by atoms with Crippen molar-refractivity contribution in [3.63, 3.8) is 0 Å². The molecule has 24 heavy (non-hydrogen) atoms. The van der Waals surface area contributed by atoms with E-state index in [0.717, 1.165) is 10.2 Å². The zero-order chi connectivity index (χ0) is 17.3. The largest absolute Gasteiger partial charge is 0.497 e. The molecule has 1 amide bonds. The summed E-state index contributed by atoms with van der Waals surface area (Å²) in [6.45, 7) is 0. The molecule has 7 heteroatoms. The number of fused-ring (bicyclic) bond motifs is 1. The summed E-state index contributed by atoms with van der Waals surface area (Å²) in [7, 11) is 4.94. The fourth-order valence-corrected chi connectivity index (χ4v) is 3.59. The van der Waals surface area contributed by atoms with Crippen molar-refractivity contribution >= 4 is 39.1 Å². The third-order valence-electron chi connectivity index (χ3n) is 3.57. The van der Waals surface area contributed by atoms with Crippen LogP contribution in [0.5, 0.6) is 11.5 Å². The van der Waals surface area contributed by atoms with Gasteiger partial charge in [0.05, 0.1) is 24.4 Å². The van der Waals surface area contributed by atoms with Crippen molar-refractivity contribution in [2.45, 2.75) is 0 Å². The number of benzene rings is 2. The number of aromatic nitrogens is 1. The lowest BCUT2D eigenvalue weighted by Gasteiger charge is -2.05. The van der Waals surface area contributed by atoms with Crippen molar-refractivity contribution in [2.75, 3.05) is 14.2 Å². The Hall–Kier alpha value is -2.31. The molecule has 0 fully saturated rings. The van der Waals surface area contributed by atoms with E-state index in [9.17, 15) is 4.79 Å². The quantitative estimate of drug-likeness (QED) is 0.714. The Bertz CT molecular complexity index is 969. The molecule has 0 bridgehead atoms. The maximum atomic E-state index is 12.5. The number of methoxy groups -OCH3 is 2. The number of rotatable bonds is 3. The Kier molecular flexibility index (Phi) is 4.59. The summed E-state index contributed by atoms with van der Waals surface area (Å²) in [6, 6.07) is 10.6. The Morgan fingerprint density at radius 2 is 1.79 bits per heavy atom. The van der Waals surface area contributed by atoms with Gasteiger partial charge in [0.15, 0.2) is 4.80 Å². The van der Waals surface area contributed by atoms with E-state index in [2.05, 4.69) is 4.99 Å². The molecule has 0 radical (unpaired) electrons. The standard InChI is InChI=1S/C17H15ClN2O3S/c1-20-14-5-4-11(18)8-15(14)24-17(20)19-16(21)10-6-12(22-2)9-13(7-10)23-3/h4-9H,1-3H3. The van der Waals surface area contributed by atoms with Crippen LogP contribution in [0.2, 0.25) is 5.02 Å². The molecule has 0 spiro atoms. The van der Waals surface area contributed by atoms with Gasteiger partial charge in [-0.3, -0.25) is 4.79 Å². The molecular weight excluding hydrogens is 348 g/mol. The lowest BCUT2D eigenvalue weighted by Crippen LogP contribution is -2.13. The second-order valence-electron chi connectivity index (χ2n) is 5.07. The first-order chi connectivity index (χ1) is 11.5. The topological polar surface area (TPSA) is 52.8 Å². The smallest absolute Gasteiger partial charge is 0.279 e. The highest BCUT2D eigenvalue weighted by Gasteiger charge is 2.11. The van der Waals surface area contributed by atoms with Crippen molar-refractivity contribution < 1.29 is 14.3 Å². The van der Waals surface area contributed by atoms with Crippen LogP contribution in [0.1, 0.15) is 10.4 Å². The summed E-state index contributed by atoms with van der Waals surface area (Å²) in [4.78, 5) is 17.4. The zero-order valence-corrected chi connectivity index (χ0v) is 14.9. The van der Waals surface area contributed by atoms with E-state index in [-0.39, 0.29) is 5.91 Å². The van der Waals surface area contributed by atoms with Gasteiger partial charge in [0.25, 0.3) is 5.91 Å². The molecule has 2 aromatic carbocycles. The maximum absolute atomic E-state index is 12.5. The molecular formula is C17H15ClN2O3S. The second-order valence-corrected chi connectivity index (χ2v) is 6.52. The number of hydrogen-bond acceptors (Lipinski definition) is 4. The number of amides is 1. The van der Waals surface area contributed by atoms with Gasteiger partial charge in [-0.25, -0.2) is 0 Å². The Balaban J connectivity index is 2.08. The summed E-state index contributed by atoms with van der Waals surface area (Å²) in [6.07, 6.45) is 0. The van der Waals surface area contributed by atoms with Crippen LogP contribution in [0.4, 0.5) is 0 Å². The second kappa shape index (κ2) is 6.67. The number of halogens is 1. The van der Waals surface area contributed by atoms with Crippen molar-refractivity contribution in [1.82, 2.24) is 4.57 Å². The first-order valence-corrected chi connectivity index (χ1v) is 8.28. The Morgan fingerprint density at radius 1 is 1.12 bits per heavy atom. The molecule has 0 atom stereocenters. The van der Waals surface area contributed by atoms with Crippen LogP contribution >= 0.6 is 22.9 Å². The highest BCUT2D eigenvalue weighted by Crippen LogP contribution is 2.24. The molecule has 1 aromatic heterocycles. The monoisotopic (exact) mass is 362 g/mol. The van der Waals surface area contributed by atoms with E-state index in [4.69, 9.17) is 21.1 Å². The lowest BCUT2D eigenvalue weighted by molar-refractivity contribution is 0.0997. The summed E-state index contributed by atoms with van der Waals surface area (Å²) in [5.41, 5.74) is 1.38. The van der Waals surface area contributed by atoms with Gasteiger partial charge < -0.3 is 14.0 Å². The van der Waals surface area contributed by atoms with Crippen LogP contribution in [0, 0.1) is 0 Å². The van der Waals surface area contributed by atoms with E-state index in [1.807, 2.05) is 29.8 Å². The van der Waals surface area contributed by atoms with E-state index in [0.29, 0.717) is 26.9 Å². The predicted octanol–water partition coefficient (Wildman–Crippen LogP) is 3.65. The van der Waals surface area contributed by atoms with E-state index in [1.54, 1.807) is 18.2 Å². The number of carbonyl (C=O) groups is 1. The minimum Gasteiger partial charge on any atom is -0.497 e. The molecule has 1 heterocycles. The number of thiazole rings is 1. The molecule has 124 valence electrons. The first kappa shape index (κ1) is 16.5. The van der Waals surface area contributed by atoms with Crippen molar-refractivity contribution in [2.24, 2.45) is 12.0 Å². The normalized spacial score (nSPS) is 11.8. The molecule has 5 nitrogen and oxygen atoms in total. The minimum atomic E-state index is -0.361. The van der Waals surface area contributed by atoms with Gasteiger partial charge in [0.2, 0.25) is 0 Å². The van der Waals surface area contributed by atoms with Crippen LogP contribution in [-0.2, 0) is 7.05 Å². The highest BCUT2D eigenvalue weighted by molar-refractivity contribution is 7.16. The third-order valence-corrected chi connectivity index (χ3v) is 4.90. The van der Waals surface area contributed by atoms with Crippen LogP contribution in [0.15, 0.2) is 41.4 Å². The van der Waals surface area contributed by atoms with E-state index < -0.39 is 0 Å². The summed E-state index contributed by atoms with van der Waals surface area (Å²) in [5.74, 6) is 0.723. The van der Waals surface area contributed by atoms with Gasteiger partial charge in [-0.1, -0.05) is 22.9 Å². The van der Waals surface area contributed by atoms with Gasteiger partial charge in [-0.2, -0.15) is 4.99 Å².